The van der Waals surface area contributed by atoms with Crippen LogP contribution in [-0.2, 0) is 6.18 Å². The zero-order valence-corrected chi connectivity index (χ0v) is 8.72. The standard InChI is InChI=1S/C10H6F3N3O2/c11-10(12,13)6-4-14-16(5-6)8-3-1-2-7(15-8)9(17)18/h1-5H,(H,17,18). The quantitative estimate of drug-likeness (QED) is 0.893. The summed E-state index contributed by atoms with van der Waals surface area (Å²) in [5.74, 6) is -1.26. The van der Waals surface area contributed by atoms with Crippen LogP contribution in [0.2, 0.25) is 0 Å². The molecule has 0 unspecified atom stereocenters. The second-order valence-electron chi connectivity index (χ2n) is 3.36. The van der Waals surface area contributed by atoms with E-state index in [0.29, 0.717) is 6.20 Å². The second-order valence-corrected chi connectivity index (χ2v) is 3.36. The maximum atomic E-state index is 12.4. The molecule has 8 heteroatoms. The molecule has 5 nitrogen and oxygen atoms in total. The van der Waals surface area contributed by atoms with Gasteiger partial charge in [-0.3, -0.25) is 0 Å². The van der Waals surface area contributed by atoms with Gasteiger partial charge in [-0.1, -0.05) is 6.07 Å². The molecule has 0 aromatic carbocycles. The summed E-state index contributed by atoms with van der Waals surface area (Å²) in [5.41, 5.74) is -1.19. The number of carboxylic acid groups (broad SMARTS) is 1. The smallest absolute Gasteiger partial charge is 0.419 e. The van der Waals surface area contributed by atoms with E-state index in [1.165, 1.54) is 18.2 Å². The van der Waals surface area contributed by atoms with E-state index >= 15 is 0 Å². The summed E-state index contributed by atoms with van der Waals surface area (Å²) >= 11 is 0. The number of pyridine rings is 1. The van der Waals surface area contributed by atoms with Gasteiger partial charge in [-0.15, -0.1) is 0 Å². The van der Waals surface area contributed by atoms with Crippen molar-refractivity contribution < 1.29 is 23.1 Å². The van der Waals surface area contributed by atoms with E-state index in [1.54, 1.807) is 0 Å². The highest BCUT2D eigenvalue weighted by Gasteiger charge is 2.32. The van der Waals surface area contributed by atoms with E-state index in [-0.39, 0.29) is 11.5 Å². The van der Waals surface area contributed by atoms with Crippen LogP contribution in [0.4, 0.5) is 13.2 Å². The summed E-state index contributed by atoms with van der Waals surface area (Å²) in [5, 5.41) is 12.2. The highest BCUT2D eigenvalue weighted by molar-refractivity contribution is 5.85. The molecule has 0 saturated carbocycles. The fourth-order valence-corrected chi connectivity index (χ4v) is 1.26. The number of aromatic nitrogens is 3. The van der Waals surface area contributed by atoms with Gasteiger partial charge in [0.2, 0.25) is 0 Å². The number of halogens is 3. The lowest BCUT2D eigenvalue weighted by Gasteiger charge is -2.02. The SMILES string of the molecule is O=C(O)c1cccc(-n2cc(C(F)(F)F)cn2)n1. The van der Waals surface area contributed by atoms with Crippen LogP contribution in [0.15, 0.2) is 30.6 Å². The number of hydrogen-bond donors (Lipinski definition) is 1. The van der Waals surface area contributed by atoms with Crippen LogP contribution in [0.3, 0.4) is 0 Å². The first-order valence-electron chi connectivity index (χ1n) is 4.70. The summed E-state index contributed by atoms with van der Waals surface area (Å²) in [6.07, 6.45) is -3.11. The molecule has 1 N–H and O–H groups in total. The Morgan fingerprint density at radius 1 is 1.33 bits per heavy atom. The van der Waals surface area contributed by atoms with Crippen molar-refractivity contribution in [1.29, 1.82) is 0 Å². The largest absolute Gasteiger partial charge is 0.477 e. The highest BCUT2D eigenvalue weighted by atomic mass is 19.4. The van der Waals surface area contributed by atoms with Crippen LogP contribution < -0.4 is 0 Å². The van der Waals surface area contributed by atoms with Crippen molar-refractivity contribution in [3.63, 3.8) is 0 Å². The van der Waals surface area contributed by atoms with E-state index < -0.39 is 17.7 Å². The number of alkyl halides is 3. The Labute approximate surface area is 98.5 Å². The van der Waals surface area contributed by atoms with Crippen LogP contribution >= 0.6 is 0 Å². The van der Waals surface area contributed by atoms with Gasteiger partial charge in [0.15, 0.2) is 11.5 Å². The molecule has 0 aliphatic heterocycles. The van der Waals surface area contributed by atoms with Crippen molar-refractivity contribution in [3.8, 4) is 5.82 Å². The van der Waals surface area contributed by atoms with E-state index in [4.69, 9.17) is 5.11 Å². The molecule has 0 amide bonds. The molecular weight excluding hydrogens is 251 g/mol. The molecule has 0 aliphatic rings. The molecule has 0 bridgehead atoms. The molecule has 2 heterocycles. The first-order valence-corrected chi connectivity index (χ1v) is 4.70. The van der Waals surface area contributed by atoms with Crippen LogP contribution in [0.25, 0.3) is 5.82 Å². The third-order valence-corrected chi connectivity index (χ3v) is 2.10. The molecule has 2 aromatic rings. The Balaban J connectivity index is 2.40. The summed E-state index contributed by atoms with van der Waals surface area (Å²) in [6.45, 7) is 0. The van der Waals surface area contributed by atoms with Crippen molar-refractivity contribution in [1.82, 2.24) is 14.8 Å². The molecule has 0 radical (unpaired) electrons. The van der Waals surface area contributed by atoms with Gasteiger partial charge >= 0.3 is 12.1 Å². The average Bonchev–Trinajstić information content (AvgIpc) is 2.78. The van der Waals surface area contributed by atoms with E-state index in [2.05, 4.69) is 10.1 Å². The molecule has 0 fully saturated rings. The number of rotatable bonds is 2. The monoisotopic (exact) mass is 257 g/mol. The van der Waals surface area contributed by atoms with Gasteiger partial charge in [0.05, 0.1) is 11.8 Å². The maximum absolute atomic E-state index is 12.4. The van der Waals surface area contributed by atoms with Crippen LogP contribution in [0.1, 0.15) is 16.1 Å². The van der Waals surface area contributed by atoms with Crippen molar-refractivity contribution in [2.24, 2.45) is 0 Å². The average molecular weight is 257 g/mol. The normalized spacial score (nSPS) is 11.5. The third kappa shape index (κ3) is 2.31. The lowest BCUT2D eigenvalue weighted by atomic mass is 10.3. The van der Waals surface area contributed by atoms with Gasteiger partial charge in [-0.25, -0.2) is 14.5 Å². The van der Waals surface area contributed by atoms with Crippen molar-refractivity contribution in [2.45, 2.75) is 6.18 Å². The Kier molecular flexibility index (Phi) is 2.77. The van der Waals surface area contributed by atoms with Crippen LogP contribution in [0.5, 0.6) is 0 Å². The van der Waals surface area contributed by atoms with Gasteiger partial charge in [0.25, 0.3) is 0 Å². The topological polar surface area (TPSA) is 68.0 Å². The van der Waals surface area contributed by atoms with E-state index in [9.17, 15) is 18.0 Å². The van der Waals surface area contributed by atoms with Gasteiger partial charge < -0.3 is 5.11 Å². The predicted octanol–water partition coefficient (Wildman–Crippen LogP) is 1.98. The Bertz CT molecular complexity index is 592. The molecule has 2 rings (SSSR count). The summed E-state index contributed by atoms with van der Waals surface area (Å²) in [4.78, 5) is 14.3. The number of aromatic carboxylic acids is 1. The minimum Gasteiger partial charge on any atom is -0.477 e. The van der Waals surface area contributed by atoms with E-state index in [1.807, 2.05) is 0 Å². The van der Waals surface area contributed by atoms with Crippen LogP contribution in [-0.4, -0.2) is 25.8 Å². The highest BCUT2D eigenvalue weighted by Crippen LogP contribution is 2.28. The zero-order chi connectivity index (χ0) is 13.3. The summed E-state index contributed by atoms with van der Waals surface area (Å²) in [7, 11) is 0. The molecule has 0 aliphatic carbocycles. The molecule has 0 saturated heterocycles. The number of nitrogens with zero attached hydrogens (tertiary/aromatic N) is 3. The van der Waals surface area contributed by atoms with Gasteiger partial charge in [-0.05, 0) is 12.1 Å². The first-order chi connectivity index (χ1) is 8.38. The van der Waals surface area contributed by atoms with Crippen molar-refractivity contribution in [2.75, 3.05) is 0 Å². The fourth-order valence-electron chi connectivity index (χ4n) is 1.26. The van der Waals surface area contributed by atoms with Crippen LogP contribution in [0, 0.1) is 0 Å². The van der Waals surface area contributed by atoms with Crippen molar-refractivity contribution in [3.05, 3.63) is 41.9 Å². The molecule has 0 spiro atoms. The molecule has 18 heavy (non-hydrogen) atoms. The lowest BCUT2D eigenvalue weighted by molar-refractivity contribution is -0.137. The molecule has 94 valence electrons. The number of carboxylic acids is 1. The van der Waals surface area contributed by atoms with Gasteiger partial charge in [0.1, 0.15) is 0 Å². The lowest BCUT2D eigenvalue weighted by Crippen LogP contribution is -2.06. The molecular formula is C10H6F3N3O2. The Hall–Kier alpha value is -2.38. The minimum absolute atomic E-state index is 0.00500. The summed E-state index contributed by atoms with van der Waals surface area (Å²) in [6, 6.07) is 3.97. The maximum Gasteiger partial charge on any atom is 0.419 e. The zero-order valence-electron chi connectivity index (χ0n) is 8.72. The molecule has 2 aromatic heterocycles. The van der Waals surface area contributed by atoms with Gasteiger partial charge in [-0.2, -0.15) is 18.3 Å². The number of hydrogen-bond acceptors (Lipinski definition) is 3. The Morgan fingerprint density at radius 3 is 2.61 bits per heavy atom. The first kappa shape index (κ1) is 12.1. The summed E-state index contributed by atoms with van der Waals surface area (Å²) < 4.78 is 37.9. The third-order valence-electron chi connectivity index (χ3n) is 2.10. The number of carbonyl (C=O) groups is 1. The predicted molar refractivity (Wildman–Crippen MR) is 53.3 cm³/mol. The van der Waals surface area contributed by atoms with Crippen molar-refractivity contribution >= 4 is 5.97 Å². The fraction of sp³-hybridized carbons (Fsp3) is 0.100. The minimum atomic E-state index is -4.50. The van der Waals surface area contributed by atoms with Gasteiger partial charge in [0, 0.05) is 6.20 Å². The molecule has 0 atom stereocenters. The second kappa shape index (κ2) is 4.13. The Morgan fingerprint density at radius 2 is 2.06 bits per heavy atom. The van der Waals surface area contributed by atoms with E-state index in [0.717, 1.165) is 10.9 Å².